The van der Waals surface area contributed by atoms with E-state index in [1.165, 1.54) is 12.1 Å². The van der Waals surface area contributed by atoms with Crippen LogP contribution in [-0.4, -0.2) is 66.5 Å². The third-order valence-corrected chi connectivity index (χ3v) is 7.15. The first kappa shape index (κ1) is 28.5. The molecular formula is C29H22O12. The summed E-state index contributed by atoms with van der Waals surface area (Å²) in [6, 6.07) is 7.80. The molecule has 12 heteroatoms. The molecule has 3 aromatic carbocycles. The highest BCUT2D eigenvalue weighted by Crippen LogP contribution is 2.48. The summed E-state index contributed by atoms with van der Waals surface area (Å²) in [5.74, 6) is -10.6. The van der Waals surface area contributed by atoms with Crippen molar-refractivity contribution in [1.29, 1.82) is 0 Å². The van der Waals surface area contributed by atoms with Crippen molar-refractivity contribution >= 4 is 35.8 Å². The van der Waals surface area contributed by atoms with E-state index in [9.17, 15) is 59.4 Å². The third kappa shape index (κ3) is 4.98. The van der Waals surface area contributed by atoms with Gasteiger partial charge in [0.25, 0.3) is 0 Å². The van der Waals surface area contributed by atoms with E-state index in [2.05, 4.69) is 0 Å². The average Bonchev–Trinajstić information content (AvgIpc) is 3.45. The van der Waals surface area contributed by atoms with Gasteiger partial charge in [0.15, 0.2) is 0 Å². The summed E-state index contributed by atoms with van der Waals surface area (Å²) in [6.07, 6.45) is 2.41. The van der Waals surface area contributed by atoms with Gasteiger partial charge in [0, 0.05) is 5.56 Å². The van der Waals surface area contributed by atoms with Crippen molar-refractivity contribution in [2.45, 2.75) is 31.6 Å². The Morgan fingerprint density at radius 2 is 0.927 bits per heavy atom. The van der Waals surface area contributed by atoms with E-state index in [4.69, 9.17) is 0 Å². The SMILES string of the molecule is O=C(O)c1cccc(-c2c(C3CCCC3)cc(C(=O)O)c(C(=O)O)c2-c2cccc(C(=O)O)c2C(=O)O)c1C(=O)O. The molecule has 0 spiro atoms. The smallest absolute Gasteiger partial charge is 0.337 e. The molecule has 4 rings (SSSR count). The van der Waals surface area contributed by atoms with Crippen molar-refractivity contribution in [1.82, 2.24) is 0 Å². The zero-order valence-corrected chi connectivity index (χ0v) is 21.1. The molecule has 1 fully saturated rings. The molecule has 210 valence electrons. The Labute approximate surface area is 230 Å². The summed E-state index contributed by atoms with van der Waals surface area (Å²) in [6.45, 7) is 0. The Balaban J connectivity index is 2.38. The molecule has 1 saturated carbocycles. The zero-order chi connectivity index (χ0) is 30.2. The van der Waals surface area contributed by atoms with Crippen molar-refractivity contribution < 1.29 is 59.4 Å². The van der Waals surface area contributed by atoms with Crippen LogP contribution >= 0.6 is 0 Å². The van der Waals surface area contributed by atoms with Gasteiger partial charge in [-0.2, -0.15) is 0 Å². The molecule has 6 N–H and O–H groups in total. The largest absolute Gasteiger partial charge is 0.478 e. The molecule has 0 aromatic heterocycles. The van der Waals surface area contributed by atoms with Crippen LogP contribution in [0.5, 0.6) is 0 Å². The summed E-state index contributed by atoms with van der Waals surface area (Å²) in [5.41, 5.74) is -5.89. The topological polar surface area (TPSA) is 224 Å². The Kier molecular flexibility index (Phi) is 7.59. The number of carboxylic acids is 6. The van der Waals surface area contributed by atoms with Gasteiger partial charge in [-0.25, -0.2) is 28.8 Å². The van der Waals surface area contributed by atoms with Crippen molar-refractivity contribution in [3.63, 3.8) is 0 Å². The van der Waals surface area contributed by atoms with Gasteiger partial charge in [-0.3, -0.25) is 0 Å². The van der Waals surface area contributed by atoms with Crippen LogP contribution in [-0.2, 0) is 0 Å². The van der Waals surface area contributed by atoms with E-state index in [-0.39, 0.29) is 16.7 Å². The fraction of sp³-hybridized carbons (Fsp3) is 0.172. The third-order valence-electron chi connectivity index (χ3n) is 7.15. The van der Waals surface area contributed by atoms with Crippen LogP contribution in [0, 0.1) is 0 Å². The number of carboxylic acid groups (broad SMARTS) is 6. The van der Waals surface area contributed by atoms with Crippen molar-refractivity contribution in [2.24, 2.45) is 0 Å². The molecule has 0 heterocycles. The van der Waals surface area contributed by atoms with Crippen LogP contribution in [0.1, 0.15) is 99.3 Å². The number of aromatic carboxylic acids is 6. The quantitative estimate of drug-likeness (QED) is 0.205. The van der Waals surface area contributed by atoms with Gasteiger partial charge in [0.1, 0.15) is 0 Å². The summed E-state index contributed by atoms with van der Waals surface area (Å²) < 4.78 is 0. The fourth-order valence-electron chi connectivity index (χ4n) is 5.55. The highest BCUT2D eigenvalue weighted by molar-refractivity contribution is 6.16. The minimum atomic E-state index is -1.81. The molecule has 0 aliphatic heterocycles. The molecule has 1 aliphatic rings. The van der Waals surface area contributed by atoms with Gasteiger partial charge >= 0.3 is 35.8 Å². The fourth-order valence-corrected chi connectivity index (χ4v) is 5.55. The summed E-state index contributed by atoms with van der Waals surface area (Å²) >= 11 is 0. The molecule has 0 radical (unpaired) electrons. The number of benzene rings is 3. The molecule has 0 amide bonds. The van der Waals surface area contributed by atoms with Gasteiger partial charge in [-0.1, -0.05) is 37.1 Å². The molecule has 0 bridgehead atoms. The van der Waals surface area contributed by atoms with Crippen LogP contribution in [0.25, 0.3) is 22.3 Å². The summed E-state index contributed by atoms with van der Waals surface area (Å²) in [4.78, 5) is 74.0. The van der Waals surface area contributed by atoms with Gasteiger partial charge in [0.05, 0.1) is 33.4 Å². The normalized spacial score (nSPS) is 13.1. The molecule has 12 nitrogen and oxygen atoms in total. The molecule has 0 saturated heterocycles. The number of hydrogen-bond acceptors (Lipinski definition) is 6. The lowest BCUT2D eigenvalue weighted by molar-refractivity contribution is 0.0650. The van der Waals surface area contributed by atoms with Crippen LogP contribution in [0.15, 0.2) is 42.5 Å². The van der Waals surface area contributed by atoms with E-state index in [0.717, 1.165) is 30.3 Å². The first-order valence-corrected chi connectivity index (χ1v) is 12.2. The average molecular weight is 562 g/mol. The van der Waals surface area contributed by atoms with Crippen molar-refractivity contribution in [2.75, 3.05) is 0 Å². The lowest BCUT2D eigenvalue weighted by Gasteiger charge is -2.25. The van der Waals surface area contributed by atoms with E-state index in [1.807, 2.05) is 0 Å². The second kappa shape index (κ2) is 10.9. The van der Waals surface area contributed by atoms with Crippen LogP contribution in [0.2, 0.25) is 0 Å². The number of rotatable bonds is 9. The maximum Gasteiger partial charge on any atom is 0.337 e. The Bertz CT molecular complexity index is 1660. The standard InChI is InChI=1S/C29H22O12/c30-24(31)15-9-3-7-13(20(15)27(36)37)19-17(12-5-1-2-6-12)11-18(26(34)35)23(29(40)41)22(19)14-8-4-10-16(25(32)33)21(14)28(38)39/h3-4,7-12H,1-2,5-6H2,(H,30,31)(H,32,33)(H,34,35)(H,36,37)(H,38,39)(H,40,41). The van der Waals surface area contributed by atoms with E-state index < -0.39 is 86.2 Å². The second-order valence-corrected chi connectivity index (χ2v) is 9.41. The molecule has 3 aromatic rings. The zero-order valence-electron chi connectivity index (χ0n) is 21.1. The first-order valence-electron chi connectivity index (χ1n) is 12.2. The molecule has 0 atom stereocenters. The minimum Gasteiger partial charge on any atom is -0.478 e. The van der Waals surface area contributed by atoms with Crippen molar-refractivity contribution in [3.8, 4) is 22.3 Å². The van der Waals surface area contributed by atoms with Gasteiger partial charge < -0.3 is 30.6 Å². The van der Waals surface area contributed by atoms with Gasteiger partial charge in [-0.05, 0) is 59.2 Å². The van der Waals surface area contributed by atoms with Gasteiger partial charge in [-0.15, -0.1) is 0 Å². The summed E-state index contributed by atoms with van der Waals surface area (Å²) in [7, 11) is 0. The maximum atomic E-state index is 12.7. The monoisotopic (exact) mass is 562 g/mol. The predicted octanol–water partition coefficient (Wildman–Crippen LogP) is 4.87. The molecule has 1 aliphatic carbocycles. The summed E-state index contributed by atoms with van der Waals surface area (Å²) in [5, 5.41) is 60.0. The number of carbonyl (C=O) groups is 6. The lowest BCUT2D eigenvalue weighted by atomic mass is 9.77. The Morgan fingerprint density at radius 1 is 0.512 bits per heavy atom. The van der Waals surface area contributed by atoms with Crippen LogP contribution in [0.4, 0.5) is 0 Å². The first-order chi connectivity index (χ1) is 19.4. The lowest BCUT2D eigenvalue weighted by Crippen LogP contribution is -2.17. The van der Waals surface area contributed by atoms with Crippen LogP contribution < -0.4 is 0 Å². The van der Waals surface area contributed by atoms with E-state index >= 15 is 0 Å². The molecule has 0 unspecified atom stereocenters. The molecule has 41 heavy (non-hydrogen) atoms. The van der Waals surface area contributed by atoms with Crippen LogP contribution in [0.3, 0.4) is 0 Å². The second-order valence-electron chi connectivity index (χ2n) is 9.41. The highest BCUT2D eigenvalue weighted by atomic mass is 16.4. The Hall–Kier alpha value is -5.52. The minimum absolute atomic E-state index is 0.182. The van der Waals surface area contributed by atoms with Crippen molar-refractivity contribution in [3.05, 3.63) is 81.4 Å². The Morgan fingerprint density at radius 3 is 1.32 bits per heavy atom. The van der Waals surface area contributed by atoms with Gasteiger partial charge in [0.2, 0.25) is 0 Å². The van der Waals surface area contributed by atoms with E-state index in [0.29, 0.717) is 25.7 Å². The highest BCUT2D eigenvalue weighted by Gasteiger charge is 2.35. The molecular weight excluding hydrogens is 540 g/mol. The maximum absolute atomic E-state index is 12.7. The number of hydrogen-bond donors (Lipinski definition) is 6. The predicted molar refractivity (Wildman–Crippen MR) is 140 cm³/mol. The van der Waals surface area contributed by atoms with E-state index in [1.54, 1.807) is 0 Å².